The van der Waals surface area contributed by atoms with Gasteiger partial charge in [-0.05, 0) is 31.2 Å². The molecule has 5 rings (SSSR count). The second kappa shape index (κ2) is 8.49. The standard InChI is InChI=1S/C21H31N7O4S/c1-25(12-16-3-8-26(13-16)18(30)4-11-29)33(31,32)28-10-9-27(14-21(28)5-6-21)20-17-2-7-22-19(17)23-15-24-20/h2,7,15-16,29H,3-6,8-14H2,1H3,(H,22,23,24). The van der Waals surface area contributed by atoms with Gasteiger partial charge < -0.3 is 19.9 Å². The molecular weight excluding hydrogens is 446 g/mol. The molecule has 180 valence electrons. The minimum atomic E-state index is -3.62. The molecule has 1 amide bonds. The topological polar surface area (TPSA) is 126 Å². The summed E-state index contributed by atoms with van der Waals surface area (Å²) >= 11 is 0. The molecule has 2 aliphatic heterocycles. The van der Waals surface area contributed by atoms with Gasteiger partial charge in [0.15, 0.2) is 0 Å². The van der Waals surface area contributed by atoms with Gasteiger partial charge in [-0.15, -0.1) is 0 Å². The Bertz CT molecular complexity index is 1130. The van der Waals surface area contributed by atoms with Gasteiger partial charge >= 0.3 is 0 Å². The van der Waals surface area contributed by atoms with Gasteiger partial charge in [-0.2, -0.15) is 17.0 Å². The number of H-pyrrole nitrogens is 1. The molecule has 1 atom stereocenters. The second-order valence-corrected chi connectivity index (χ2v) is 11.4. The highest BCUT2D eigenvalue weighted by molar-refractivity contribution is 7.86. The molecule has 0 radical (unpaired) electrons. The summed E-state index contributed by atoms with van der Waals surface area (Å²) in [6.07, 6.45) is 5.95. The molecule has 2 aromatic rings. The monoisotopic (exact) mass is 477 g/mol. The van der Waals surface area contributed by atoms with Crippen LogP contribution in [-0.4, -0.2) is 106 Å². The molecule has 1 aliphatic carbocycles. The predicted molar refractivity (Wildman–Crippen MR) is 123 cm³/mol. The number of hydrogen-bond donors (Lipinski definition) is 2. The Balaban J connectivity index is 1.26. The van der Waals surface area contributed by atoms with Crippen molar-refractivity contribution in [1.82, 2.24) is 28.5 Å². The van der Waals surface area contributed by atoms with Crippen molar-refractivity contribution >= 4 is 33.0 Å². The van der Waals surface area contributed by atoms with Crippen LogP contribution in [0.1, 0.15) is 25.7 Å². The maximum Gasteiger partial charge on any atom is 0.282 e. The Morgan fingerprint density at radius 2 is 2.12 bits per heavy atom. The van der Waals surface area contributed by atoms with E-state index in [2.05, 4.69) is 19.9 Å². The summed E-state index contributed by atoms with van der Waals surface area (Å²) in [4.78, 5) is 27.8. The van der Waals surface area contributed by atoms with E-state index in [1.54, 1.807) is 22.6 Å². The first-order valence-corrected chi connectivity index (χ1v) is 12.9. The van der Waals surface area contributed by atoms with Crippen LogP contribution in [0.15, 0.2) is 18.6 Å². The number of aromatic amines is 1. The lowest BCUT2D eigenvalue weighted by atomic mass is 10.1. The molecule has 2 aromatic heterocycles. The number of aromatic nitrogens is 3. The van der Waals surface area contributed by atoms with Crippen LogP contribution in [0.3, 0.4) is 0 Å². The van der Waals surface area contributed by atoms with Crippen molar-refractivity contribution in [2.24, 2.45) is 5.92 Å². The third-order valence-corrected chi connectivity index (χ3v) is 9.26. The van der Waals surface area contributed by atoms with Gasteiger partial charge in [0, 0.05) is 58.9 Å². The van der Waals surface area contributed by atoms with Crippen molar-refractivity contribution in [3.8, 4) is 0 Å². The fourth-order valence-corrected chi connectivity index (χ4v) is 7.03. The average molecular weight is 478 g/mol. The molecule has 0 aromatic carbocycles. The number of aliphatic hydroxyl groups is 1. The van der Waals surface area contributed by atoms with Gasteiger partial charge in [-0.3, -0.25) is 4.79 Å². The molecule has 12 heteroatoms. The van der Waals surface area contributed by atoms with Crippen molar-refractivity contribution in [3.05, 3.63) is 18.6 Å². The first-order valence-electron chi connectivity index (χ1n) is 11.5. The van der Waals surface area contributed by atoms with Gasteiger partial charge in [-0.1, -0.05) is 0 Å². The van der Waals surface area contributed by atoms with Gasteiger partial charge in [0.2, 0.25) is 5.91 Å². The number of piperazine rings is 1. The van der Waals surface area contributed by atoms with Crippen LogP contribution in [0.2, 0.25) is 0 Å². The molecular formula is C21H31N7O4S. The van der Waals surface area contributed by atoms with Crippen molar-refractivity contribution in [2.75, 3.05) is 57.8 Å². The Hall–Kier alpha value is -2.28. The number of carbonyl (C=O) groups excluding carboxylic acids is 1. The predicted octanol–water partition coefficient (Wildman–Crippen LogP) is 0.0200. The Morgan fingerprint density at radius 3 is 2.88 bits per heavy atom. The molecule has 3 aliphatic rings. The van der Waals surface area contributed by atoms with E-state index in [1.807, 2.05) is 12.3 Å². The number of anilines is 1. The Labute approximate surface area is 193 Å². The van der Waals surface area contributed by atoms with Gasteiger partial charge in [0.05, 0.1) is 17.5 Å². The highest BCUT2D eigenvalue weighted by Crippen LogP contribution is 2.47. The number of rotatable bonds is 7. The van der Waals surface area contributed by atoms with Crippen LogP contribution in [0.25, 0.3) is 11.0 Å². The van der Waals surface area contributed by atoms with Gasteiger partial charge in [-0.25, -0.2) is 9.97 Å². The number of hydrogen-bond acceptors (Lipinski definition) is 7. The first-order chi connectivity index (χ1) is 15.8. The molecule has 1 unspecified atom stereocenters. The third kappa shape index (κ3) is 4.09. The SMILES string of the molecule is CN(CC1CCN(C(=O)CCO)C1)S(=O)(=O)N1CCN(c2ncnc3[nH]ccc23)CC12CC2. The molecule has 1 saturated carbocycles. The van der Waals surface area contributed by atoms with Gasteiger partial charge in [0.1, 0.15) is 17.8 Å². The van der Waals surface area contributed by atoms with Crippen LogP contribution >= 0.6 is 0 Å². The van der Waals surface area contributed by atoms with Gasteiger partial charge in [0.25, 0.3) is 10.2 Å². The molecule has 2 saturated heterocycles. The van der Waals surface area contributed by atoms with E-state index in [0.717, 1.165) is 36.1 Å². The number of nitrogens with zero attached hydrogens (tertiary/aromatic N) is 6. The summed E-state index contributed by atoms with van der Waals surface area (Å²) in [6, 6.07) is 1.96. The third-order valence-electron chi connectivity index (χ3n) is 7.20. The quantitative estimate of drug-likeness (QED) is 0.576. The Kier molecular flexibility index (Phi) is 5.79. The number of amides is 1. The fourth-order valence-electron chi connectivity index (χ4n) is 5.25. The lowest BCUT2D eigenvalue weighted by Gasteiger charge is -2.43. The lowest BCUT2D eigenvalue weighted by Crippen LogP contribution is -2.60. The largest absolute Gasteiger partial charge is 0.396 e. The van der Waals surface area contributed by atoms with Crippen LogP contribution < -0.4 is 4.90 Å². The maximum atomic E-state index is 13.6. The zero-order valence-corrected chi connectivity index (χ0v) is 19.7. The summed E-state index contributed by atoms with van der Waals surface area (Å²) in [5, 5.41) is 9.94. The van der Waals surface area contributed by atoms with E-state index in [1.165, 1.54) is 4.31 Å². The van der Waals surface area contributed by atoms with E-state index >= 15 is 0 Å². The van der Waals surface area contributed by atoms with E-state index in [-0.39, 0.29) is 24.9 Å². The summed E-state index contributed by atoms with van der Waals surface area (Å²) in [5.74, 6) is 0.878. The second-order valence-electron chi connectivity index (χ2n) is 9.41. The van der Waals surface area contributed by atoms with E-state index in [4.69, 9.17) is 5.11 Å². The lowest BCUT2D eigenvalue weighted by molar-refractivity contribution is -0.130. The molecule has 0 bridgehead atoms. The molecule has 2 N–H and O–H groups in total. The van der Waals surface area contributed by atoms with Crippen LogP contribution in [0, 0.1) is 5.92 Å². The number of likely N-dealkylation sites (tertiary alicyclic amines) is 1. The normalized spacial score (nSPS) is 23.2. The van der Waals surface area contributed by atoms with Crippen molar-refractivity contribution < 1.29 is 18.3 Å². The van der Waals surface area contributed by atoms with Crippen LogP contribution in [0.4, 0.5) is 5.82 Å². The number of aliphatic hydroxyl groups excluding tert-OH is 1. The van der Waals surface area contributed by atoms with Crippen LogP contribution in [0.5, 0.6) is 0 Å². The fraction of sp³-hybridized carbons (Fsp3) is 0.667. The summed E-state index contributed by atoms with van der Waals surface area (Å²) in [6.45, 7) is 2.98. The van der Waals surface area contributed by atoms with E-state index < -0.39 is 15.7 Å². The minimum absolute atomic E-state index is 0.0696. The summed E-state index contributed by atoms with van der Waals surface area (Å²) < 4.78 is 30.3. The molecule has 1 spiro atoms. The number of carbonyl (C=O) groups is 1. The van der Waals surface area contributed by atoms with Crippen molar-refractivity contribution in [1.29, 1.82) is 0 Å². The number of fused-ring (bicyclic) bond motifs is 1. The van der Waals surface area contributed by atoms with Crippen LogP contribution in [-0.2, 0) is 15.0 Å². The smallest absolute Gasteiger partial charge is 0.282 e. The summed E-state index contributed by atoms with van der Waals surface area (Å²) in [5.41, 5.74) is 0.389. The Morgan fingerprint density at radius 1 is 1.30 bits per heavy atom. The molecule has 4 heterocycles. The highest BCUT2D eigenvalue weighted by Gasteiger charge is 2.57. The number of nitrogens with one attached hydrogen (secondary N) is 1. The van der Waals surface area contributed by atoms with E-state index in [0.29, 0.717) is 39.3 Å². The van der Waals surface area contributed by atoms with E-state index in [9.17, 15) is 13.2 Å². The molecule has 11 nitrogen and oxygen atoms in total. The maximum absolute atomic E-state index is 13.6. The molecule has 33 heavy (non-hydrogen) atoms. The molecule has 3 fully saturated rings. The highest BCUT2D eigenvalue weighted by atomic mass is 32.2. The minimum Gasteiger partial charge on any atom is -0.396 e. The first kappa shape index (κ1) is 22.5. The zero-order valence-electron chi connectivity index (χ0n) is 18.9. The summed E-state index contributed by atoms with van der Waals surface area (Å²) in [7, 11) is -1.98. The zero-order chi connectivity index (χ0) is 23.2. The van der Waals surface area contributed by atoms with Crippen molar-refractivity contribution in [3.63, 3.8) is 0 Å². The average Bonchev–Trinajstić information content (AvgIpc) is 3.18. The van der Waals surface area contributed by atoms with Crippen molar-refractivity contribution in [2.45, 2.75) is 31.2 Å².